The highest BCUT2D eigenvalue weighted by Crippen LogP contribution is 2.26. The van der Waals surface area contributed by atoms with Crippen molar-refractivity contribution < 1.29 is 22.3 Å². The number of rotatable bonds is 7. The Labute approximate surface area is 198 Å². The summed E-state index contributed by atoms with van der Waals surface area (Å²) in [6.07, 6.45) is 5.79. The Morgan fingerprint density at radius 2 is 1.82 bits per heavy atom. The second-order valence-corrected chi connectivity index (χ2v) is 10.1. The highest BCUT2D eigenvalue weighted by Gasteiger charge is 2.30. The molecular weight excluding hydrogens is 459 g/mol. The molecule has 1 fully saturated rings. The van der Waals surface area contributed by atoms with Gasteiger partial charge in [-0.1, -0.05) is 18.6 Å². The average Bonchev–Trinajstić information content (AvgIpc) is 3.28. The third-order valence-corrected chi connectivity index (χ3v) is 7.88. The van der Waals surface area contributed by atoms with Crippen molar-refractivity contribution in [2.75, 3.05) is 20.2 Å². The van der Waals surface area contributed by atoms with E-state index in [4.69, 9.17) is 4.74 Å². The SMILES string of the molecule is COc1ccc(C(NC(=O)c2ccc(F)c(S(=O)(=O)N3CCCCC3)c2)c2nccn2C)cc1. The van der Waals surface area contributed by atoms with Gasteiger partial charge in [0, 0.05) is 38.1 Å². The molecule has 8 nitrogen and oxygen atoms in total. The Bertz CT molecular complexity index is 1270. The fourth-order valence-electron chi connectivity index (χ4n) is 4.05. The maximum absolute atomic E-state index is 14.6. The van der Waals surface area contributed by atoms with Crippen molar-refractivity contribution in [2.24, 2.45) is 7.05 Å². The van der Waals surface area contributed by atoms with Crippen LogP contribution in [-0.2, 0) is 17.1 Å². The van der Waals surface area contributed by atoms with Gasteiger partial charge in [-0.05, 0) is 48.7 Å². The van der Waals surface area contributed by atoms with Crippen LogP contribution in [0.4, 0.5) is 4.39 Å². The number of carbonyl (C=O) groups is 1. The minimum Gasteiger partial charge on any atom is -0.497 e. The Balaban J connectivity index is 1.65. The summed E-state index contributed by atoms with van der Waals surface area (Å²) in [5.74, 6) is -0.168. The van der Waals surface area contributed by atoms with E-state index in [1.807, 2.05) is 19.2 Å². The number of ether oxygens (including phenoxy) is 1. The van der Waals surface area contributed by atoms with Crippen molar-refractivity contribution in [1.29, 1.82) is 0 Å². The minimum atomic E-state index is -4.04. The molecule has 2 aromatic carbocycles. The first-order chi connectivity index (χ1) is 16.3. The van der Waals surface area contributed by atoms with Crippen molar-refractivity contribution >= 4 is 15.9 Å². The number of carbonyl (C=O) groups excluding carboxylic acids is 1. The molecule has 1 N–H and O–H groups in total. The van der Waals surface area contributed by atoms with Crippen LogP contribution in [-0.4, -0.2) is 48.4 Å². The average molecular weight is 487 g/mol. The van der Waals surface area contributed by atoms with E-state index in [-0.39, 0.29) is 5.56 Å². The first-order valence-electron chi connectivity index (χ1n) is 11.0. The highest BCUT2D eigenvalue weighted by molar-refractivity contribution is 7.89. The summed E-state index contributed by atoms with van der Waals surface area (Å²) in [4.78, 5) is 17.1. The molecule has 10 heteroatoms. The number of imidazole rings is 1. The monoisotopic (exact) mass is 486 g/mol. The summed E-state index contributed by atoms with van der Waals surface area (Å²) >= 11 is 0. The van der Waals surface area contributed by atoms with Gasteiger partial charge in [-0.3, -0.25) is 4.79 Å². The van der Waals surface area contributed by atoms with Crippen LogP contribution in [0.3, 0.4) is 0 Å². The van der Waals surface area contributed by atoms with Crippen molar-refractivity contribution in [2.45, 2.75) is 30.2 Å². The molecule has 0 radical (unpaired) electrons. The fourth-order valence-corrected chi connectivity index (χ4v) is 5.66. The molecule has 0 aliphatic carbocycles. The van der Waals surface area contributed by atoms with E-state index in [2.05, 4.69) is 10.3 Å². The second-order valence-electron chi connectivity index (χ2n) is 8.19. The zero-order valence-corrected chi connectivity index (χ0v) is 19.9. The largest absolute Gasteiger partial charge is 0.497 e. The van der Waals surface area contributed by atoms with Gasteiger partial charge in [-0.2, -0.15) is 4.31 Å². The number of nitrogens with one attached hydrogen (secondary N) is 1. The molecule has 1 atom stereocenters. The zero-order chi connectivity index (χ0) is 24.3. The van der Waals surface area contributed by atoms with Crippen LogP contribution in [0.1, 0.15) is 47.1 Å². The molecular formula is C24H27FN4O4S. The lowest BCUT2D eigenvalue weighted by atomic mass is 10.0. The predicted octanol–water partition coefficient (Wildman–Crippen LogP) is 3.26. The van der Waals surface area contributed by atoms with Gasteiger partial charge >= 0.3 is 0 Å². The molecule has 2 heterocycles. The Morgan fingerprint density at radius 1 is 1.12 bits per heavy atom. The number of nitrogens with zero attached hydrogens (tertiary/aromatic N) is 3. The smallest absolute Gasteiger partial charge is 0.252 e. The maximum Gasteiger partial charge on any atom is 0.252 e. The van der Waals surface area contributed by atoms with Gasteiger partial charge in [0.15, 0.2) is 0 Å². The zero-order valence-electron chi connectivity index (χ0n) is 19.1. The number of hydrogen-bond donors (Lipinski definition) is 1. The van der Waals surface area contributed by atoms with Gasteiger partial charge in [-0.25, -0.2) is 17.8 Å². The van der Waals surface area contributed by atoms with E-state index in [1.54, 1.807) is 36.2 Å². The van der Waals surface area contributed by atoms with Crippen molar-refractivity contribution in [3.05, 3.63) is 77.6 Å². The van der Waals surface area contributed by atoms with Gasteiger partial charge in [0.05, 0.1) is 7.11 Å². The van der Waals surface area contributed by atoms with E-state index in [9.17, 15) is 17.6 Å². The van der Waals surface area contributed by atoms with Crippen LogP contribution >= 0.6 is 0 Å². The summed E-state index contributed by atoms with van der Waals surface area (Å²) in [6.45, 7) is 0.688. The molecule has 1 aliphatic rings. The number of hydrogen-bond acceptors (Lipinski definition) is 5. The molecule has 1 aliphatic heterocycles. The molecule has 0 saturated carbocycles. The first-order valence-corrected chi connectivity index (χ1v) is 12.5. The molecule has 4 rings (SSSR count). The topological polar surface area (TPSA) is 93.5 Å². The van der Waals surface area contributed by atoms with Crippen LogP contribution in [0, 0.1) is 5.82 Å². The Morgan fingerprint density at radius 3 is 2.44 bits per heavy atom. The number of sulfonamides is 1. The number of aryl methyl sites for hydroxylation is 1. The van der Waals surface area contributed by atoms with E-state index in [1.165, 1.54) is 10.4 Å². The Hall–Kier alpha value is -3.24. The molecule has 1 unspecified atom stereocenters. The first kappa shape index (κ1) is 23.9. The van der Waals surface area contributed by atoms with Crippen LogP contribution in [0.25, 0.3) is 0 Å². The van der Waals surface area contributed by atoms with Crippen LogP contribution in [0.5, 0.6) is 5.75 Å². The molecule has 0 bridgehead atoms. The van der Waals surface area contributed by atoms with Gasteiger partial charge in [0.25, 0.3) is 5.91 Å². The third kappa shape index (κ3) is 4.83. The number of aromatic nitrogens is 2. The van der Waals surface area contributed by atoms with Crippen LogP contribution in [0.2, 0.25) is 0 Å². The number of methoxy groups -OCH3 is 1. The maximum atomic E-state index is 14.6. The molecule has 1 amide bonds. The van der Waals surface area contributed by atoms with Crippen molar-refractivity contribution in [3.63, 3.8) is 0 Å². The van der Waals surface area contributed by atoms with Crippen molar-refractivity contribution in [1.82, 2.24) is 19.2 Å². The van der Waals surface area contributed by atoms with E-state index in [0.717, 1.165) is 37.0 Å². The predicted molar refractivity (Wildman–Crippen MR) is 125 cm³/mol. The summed E-state index contributed by atoms with van der Waals surface area (Å²) in [5.41, 5.74) is 0.802. The van der Waals surface area contributed by atoms with Crippen LogP contribution < -0.4 is 10.1 Å². The van der Waals surface area contributed by atoms with Gasteiger partial charge in [0.1, 0.15) is 28.3 Å². The van der Waals surface area contributed by atoms with E-state index in [0.29, 0.717) is 24.7 Å². The molecule has 180 valence electrons. The van der Waals surface area contributed by atoms with Gasteiger partial charge in [-0.15, -0.1) is 0 Å². The lowest BCUT2D eigenvalue weighted by molar-refractivity contribution is 0.0941. The second kappa shape index (κ2) is 9.94. The summed E-state index contributed by atoms with van der Waals surface area (Å²) in [7, 11) is -0.661. The normalized spacial score (nSPS) is 15.6. The molecule has 34 heavy (non-hydrogen) atoms. The van der Waals surface area contributed by atoms with Crippen LogP contribution in [0.15, 0.2) is 59.8 Å². The number of halogens is 1. The van der Waals surface area contributed by atoms with Gasteiger partial charge in [0.2, 0.25) is 10.0 Å². The standard InChI is InChI=1S/C24H27FN4O4S/c1-28-15-12-26-23(28)22(17-6-9-19(33-2)10-7-17)27-24(30)18-8-11-20(25)21(16-18)34(31,32)29-13-4-3-5-14-29/h6-12,15-16,22H,3-5,13-14H2,1-2H3,(H,27,30). The van der Waals surface area contributed by atoms with E-state index >= 15 is 0 Å². The third-order valence-electron chi connectivity index (χ3n) is 5.97. The summed E-state index contributed by atoms with van der Waals surface area (Å²) in [5, 5.41) is 2.91. The summed E-state index contributed by atoms with van der Waals surface area (Å²) in [6, 6.07) is 9.98. The van der Waals surface area contributed by atoms with Crippen molar-refractivity contribution in [3.8, 4) is 5.75 Å². The highest BCUT2D eigenvalue weighted by atomic mass is 32.2. The fraction of sp³-hybridized carbons (Fsp3) is 0.333. The number of benzene rings is 2. The Kier molecular flexibility index (Phi) is 6.99. The summed E-state index contributed by atoms with van der Waals surface area (Å²) < 4.78 is 49.0. The lowest BCUT2D eigenvalue weighted by Crippen LogP contribution is -2.36. The molecule has 1 saturated heterocycles. The quantitative estimate of drug-likeness (QED) is 0.553. The molecule has 1 aromatic heterocycles. The lowest BCUT2D eigenvalue weighted by Gasteiger charge is -2.26. The minimum absolute atomic E-state index is 0.0460. The molecule has 3 aromatic rings. The number of amides is 1. The van der Waals surface area contributed by atoms with Gasteiger partial charge < -0.3 is 14.6 Å². The number of piperidine rings is 1. The molecule has 0 spiro atoms. The van der Waals surface area contributed by atoms with E-state index < -0.39 is 32.7 Å².